The van der Waals surface area contributed by atoms with Crippen LogP contribution in [-0.2, 0) is 6.61 Å². The Bertz CT molecular complexity index is 371. The molecule has 0 amide bonds. The van der Waals surface area contributed by atoms with Gasteiger partial charge in [0, 0.05) is 5.39 Å². The predicted molar refractivity (Wildman–Crippen MR) is 43.3 cm³/mol. The van der Waals surface area contributed by atoms with Gasteiger partial charge in [-0.05, 0) is 10.9 Å². The highest BCUT2D eigenvalue weighted by Gasteiger charge is 2.01. The van der Waals surface area contributed by atoms with Crippen LogP contribution in [-0.4, -0.2) is 15.3 Å². The van der Waals surface area contributed by atoms with Gasteiger partial charge in [0.25, 0.3) is 0 Å². The Balaban J connectivity index is 2.76. The second-order valence-corrected chi connectivity index (χ2v) is 3.10. The molecule has 0 aliphatic carbocycles. The maximum atomic E-state index is 8.88. The minimum absolute atomic E-state index is 0.0751. The van der Waals surface area contributed by atoms with Crippen LogP contribution in [0.1, 0.15) is 5.56 Å². The van der Waals surface area contributed by atoms with Crippen molar-refractivity contribution in [1.82, 2.24) is 10.2 Å². The number of aliphatic hydroxyl groups excluding tert-OH is 1. The van der Waals surface area contributed by atoms with Gasteiger partial charge < -0.3 is 5.11 Å². The topological polar surface area (TPSA) is 46.0 Å². The smallest absolute Gasteiger partial charge is 0.0696 e. The van der Waals surface area contributed by atoms with Crippen molar-refractivity contribution in [3.8, 4) is 0 Å². The number of aromatic nitrogens is 2. The first-order valence-corrected chi connectivity index (χ1v) is 4.07. The van der Waals surface area contributed by atoms with Gasteiger partial charge in [-0.15, -0.1) is 11.3 Å². The maximum Gasteiger partial charge on any atom is 0.0696 e. The fourth-order valence-corrected chi connectivity index (χ4v) is 1.86. The fraction of sp³-hybridized carbons (Fsp3) is 0.143. The van der Waals surface area contributed by atoms with Crippen molar-refractivity contribution in [3.05, 3.63) is 23.3 Å². The van der Waals surface area contributed by atoms with E-state index >= 15 is 0 Å². The lowest BCUT2D eigenvalue weighted by Gasteiger charge is -1.89. The Labute approximate surface area is 67.3 Å². The Hall–Kier alpha value is -1.00. The van der Waals surface area contributed by atoms with Crippen LogP contribution in [0.4, 0.5) is 0 Å². The lowest BCUT2D eigenvalue weighted by Crippen LogP contribution is -1.81. The molecule has 2 rings (SSSR count). The lowest BCUT2D eigenvalue weighted by molar-refractivity contribution is 0.284. The summed E-state index contributed by atoms with van der Waals surface area (Å²) in [6.45, 7) is 0.0751. The number of aliphatic hydroxyl groups is 1. The van der Waals surface area contributed by atoms with Crippen molar-refractivity contribution in [1.29, 1.82) is 0 Å². The molecule has 0 saturated carbocycles. The molecule has 0 bridgehead atoms. The minimum atomic E-state index is 0.0751. The third-order valence-electron chi connectivity index (χ3n) is 1.54. The van der Waals surface area contributed by atoms with E-state index in [2.05, 4.69) is 10.2 Å². The monoisotopic (exact) mass is 166 g/mol. The molecule has 4 heteroatoms. The minimum Gasteiger partial charge on any atom is -0.392 e. The molecule has 2 aromatic heterocycles. The predicted octanol–water partition coefficient (Wildman–Crippen LogP) is 1.18. The van der Waals surface area contributed by atoms with E-state index in [1.54, 1.807) is 23.7 Å². The first-order valence-electron chi connectivity index (χ1n) is 3.19. The van der Waals surface area contributed by atoms with Crippen molar-refractivity contribution >= 4 is 21.4 Å². The van der Waals surface area contributed by atoms with E-state index in [1.165, 1.54) is 0 Å². The second kappa shape index (κ2) is 2.56. The van der Waals surface area contributed by atoms with Crippen LogP contribution in [0.2, 0.25) is 0 Å². The molecule has 3 nitrogen and oxygen atoms in total. The molecular weight excluding hydrogens is 160 g/mol. The Morgan fingerprint density at radius 2 is 2.18 bits per heavy atom. The third-order valence-corrected chi connectivity index (χ3v) is 2.52. The standard InChI is InChI=1S/C7H6N2OS/c10-3-5-4-11-7-2-9-8-1-6(5)7/h1-2,4,10H,3H2. The number of thiophene rings is 1. The number of hydrogen-bond acceptors (Lipinski definition) is 4. The van der Waals surface area contributed by atoms with Crippen molar-refractivity contribution in [2.45, 2.75) is 6.61 Å². The highest BCUT2D eigenvalue weighted by Crippen LogP contribution is 2.23. The van der Waals surface area contributed by atoms with Gasteiger partial charge >= 0.3 is 0 Å². The van der Waals surface area contributed by atoms with E-state index in [-0.39, 0.29) is 6.61 Å². The Kier molecular flexibility index (Phi) is 1.56. The number of rotatable bonds is 1. The molecule has 56 valence electrons. The number of hydrogen-bond donors (Lipinski definition) is 1. The van der Waals surface area contributed by atoms with Gasteiger partial charge in [0.2, 0.25) is 0 Å². The zero-order chi connectivity index (χ0) is 7.68. The summed E-state index contributed by atoms with van der Waals surface area (Å²) in [4.78, 5) is 0. The molecule has 0 saturated heterocycles. The van der Waals surface area contributed by atoms with Gasteiger partial charge in [0.05, 0.1) is 23.7 Å². The summed E-state index contributed by atoms with van der Waals surface area (Å²) in [5.41, 5.74) is 0.930. The molecule has 0 unspecified atom stereocenters. The largest absolute Gasteiger partial charge is 0.392 e. The van der Waals surface area contributed by atoms with E-state index in [1.807, 2.05) is 5.38 Å². The van der Waals surface area contributed by atoms with Gasteiger partial charge in [-0.1, -0.05) is 0 Å². The van der Waals surface area contributed by atoms with Crippen molar-refractivity contribution in [3.63, 3.8) is 0 Å². The summed E-state index contributed by atoms with van der Waals surface area (Å²) in [6, 6.07) is 0. The Morgan fingerprint density at radius 3 is 3.00 bits per heavy atom. The molecule has 0 aliphatic rings. The van der Waals surface area contributed by atoms with Crippen LogP contribution in [0.25, 0.3) is 10.1 Å². The van der Waals surface area contributed by atoms with Gasteiger partial charge in [0.1, 0.15) is 0 Å². The Morgan fingerprint density at radius 1 is 1.36 bits per heavy atom. The van der Waals surface area contributed by atoms with Crippen LogP contribution in [0, 0.1) is 0 Å². The highest BCUT2D eigenvalue weighted by atomic mass is 32.1. The van der Waals surface area contributed by atoms with E-state index in [9.17, 15) is 0 Å². The van der Waals surface area contributed by atoms with Gasteiger partial charge in [-0.25, -0.2) is 0 Å². The first-order chi connectivity index (χ1) is 5.42. The third kappa shape index (κ3) is 1.00. The summed E-state index contributed by atoms with van der Waals surface area (Å²) >= 11 is 1.58. The first kappa shape index (κ1) is 6.69. The molecule has 11 heavy (non-hydrogen) atoms. The molecular formula is C7H6N2OS. The number of fused-ring (bicyclic) bond motifs is 1. The summed E-state index contributed by atoms with van der Waals surface area (Å²) in [7, 11) is 0. The lowest BCUT2D eigenvalue weighted by atomic mass is 10.2. The van der Waals surface area contributed by atoms with Crippen LogP contribution in [0.15, 0.2) is 17.8 Å². The fourth-order valence-electron chi connectivity index (χ4n) is 0.966. The van der Waals surface area contributed by atoms with E-state index in [4.69, 9.17) is 5.11 Å². The van der Waals surface area contributed by atoms with Crippen LogP contribution < -0.4 is 0 Å². The molecule has 2 aromatic rings. The summed E-state index contributed by atoms with van der Waals surface area (Å²) in [5.74, 6) is 0. The SMILES string of the molecule is OCc1csc2cnncc12. The summed E-state index contributed by atoms with van der Waals surface area (Å²) in [5, 5.41) is 19.3. The second-order valence-electron chi connectivity index (χ2n) is 2.19. The van der Waals surface area contributed by atoms with E-state index < -0.39 is 0 Å². The molecule has 2 heterocycles. The quantitative estimate of drug-likeness (QED) is 0.692. The van der Waals surface area contributed by atoms with Gasteiger partial charge in [-0.2, -0.15) is 10.2 Å². The molecule has 0 atom stereocenters. The van der Waals surface area contributed by atoms with Crippen molar-refractivity contribution < 1.29 is 5.11 Å². The van der Waals surface area contributed by atoms with Crippen molar-refractivity contribution in [2.75, 3.05) is 0 Å². The van der Waals surface area contributed by atoms with E-state index in [0.29, 0.717) is 0 Å². The van der Waals surface area contributed by atoms with Gasteiger partial charge in [0.15, 0.2) is 0 Å². The number of nitrogens with zero attached hydrogens (tertiary/aromatic N) is 2. The average molecular weight is 166 g/mol. The molecule has 0 aliphatic heterocycles. The zero-order valence-corrected chi connectivity index (χ0v) is 6.51. The molecule has 0 spiro atoms. The van der Waals surface area contributed by atoms with E-state index in [0.717, 1.165) is 15.6 Å². The molecule has 0 fully saturated rings. The maximum absolute atomic E-state index is 8.88. The molecule has 1 N–H and O–H groups in total. The van der Waals surface area contributed by atoms with Crippen LogP contribution in [0.3, 0.4) is 0 Å². The highest BCUT2D eigenvalue weighted by molar-refractivity contribution is 7.17. The molecule has 0 aromatic carbocycles. The molecule has 0 radical (unpaired) electrons. The summed E-state index contributed by atoms with van der Waals surface area (Å²) < 4.78 is 1.07. The zero-order valence-electron chi connectivity index (χ0n) is 5.69. The van der Waals surface area contributed by atoms with Gasteiger partial charge in [-0.3, -0.25) is 0 Å². The summed E-state index contributed by atoms with van der Waals surface area (Å²) in [6.07, 6.45) is 3.39. The van der Waals surface area contributed by atoms with Crippen LogP contribution in [0.5, 0.6) is 0 Å². The normalized spacial score (nSPS) is 10.6. The average Bonchev–Trinajstić information content (AvgIpc) is 2.47. The van der Waals surface area contributed by atoms with Crippen LogP contribution >= 0.6 is 11.3 Å². The van der Waals surface area contributed by atoms with Crippen molar-refractivity contribution in [2.24, 2.45) is 0 Å².